The zero-order chi connectivity index (χ0) is 11.6. The highest BCUT2D eigenvalue weighted by atomic mass is 16.5. The van der Waals surface area contributed by atoms with Gasteiger partial charge in [-0.15, -0.1) is 0 Å². The van der Waals surface area contributed by atoms with Gasteiger partial charge in [0.2, 0.25) is 0 Å². The van der Waals surface area contributed by atoms with Crippen LogP contribution < -0.4 is 5.32 Å². The molecule has 2 atom stereocenters. The van der Waals surface area contributed by atoms with Gasteiger partial charge in [0.1, 0.15) is 0 Å². The maximum atomic E-state index is 5.06. The molecule has 2 aliphatic rings. The van der Waals surface area contributed by atoms with Gasteiger partial charge in [-0.25, -0.2) is 0 Å². The number of methoxy groups -OCH3 is 1. The van der Waals surface area contributed by atoms with Crippen LogP contribution in [0.1, 0.15) is 46.0 Å². The number of rotatable bonds is 5. The van der Waals surface area contributed by atoms with Crippen LogP contribution in [0.4, 0.5) is 0 Å². The second-order valence-corrected chi connectivity index (χ2v) is 6.35. The van der Waals surface area contributed by atoms with Gasteiger partial charge in [-0.1, -0.05) is 26.7 Å². The number of ether oxygens (including phenoxy) is 1. The fraction of sp³-hybridized carbons (Fsp3) is 1.00. The quantitative estimate of drug-likeness (QED) is 0.726. The average molecular weight is 225 g/mol. The Balaban J connectivity index is 1.78. The lowest BCUT2D eigenvalue weighted by molar-refractivity contribution is 0.0975. The predicted octanol–water partition coefficient (Wildman–Crippen LogP) is 2.83. The van der Waals surface area contributed by atoms with Gasteiger partial charge in [0, 0.05) is 13.7 Å². The van der Waals surface area contributed by atoms with Gasteiger partial charge in [0.25, 0.3) is 0 Å². The Morgan fingerprint density at radius 1 is 1.25 bits per heavy atom. The SMILES string of the molecule is COCCNCC1CC12CCCCC2(C)C. The van der Waals surface area contributed by atoms with E-state index in [2.05, 4.69) is 19.2 Å². The minimum Gasteiger partial charge on any atom is -0.383 e. The Bertz CT molecular complexity index is 239. The summed E-state index contributed by atoms with van der Waals surface area (Å²) in [5.74, 6) is 0.930. The molecule has 1 N–H and O–H groups in total. The Hall–Kier alpha value is -0.0800. The molecule has 0 bridgehead atoms. The molecule has 16 heavy (non-hydrogen) atoms. The first kappa shape index (κ1) is 12.4. The van der Waals surface area contributed by atoms with Gasteiger partial charge in [-0.05, 0) is 42.6 Å². The molecule has 94 valence electrons. The van der Waals surface area contributed by atoms with Gasteiger partial charge in [-0.3, -0.25) is 0 Å². The molecule has 2 unspecified atom stereocenters. The van der Waals surface area contributed by atoms with Crippen LogP contribution in [0.3, 0.4) is 0 Å². The molecule has 0 aromatic carbocycles. The lowest BCUT2D eigenvalue weighted by Gasteiger charge is -2.40. The minimum absolute atomic E-state index is 0.582. The van der Waals surface area contributed by atoms with Crippen molar-refractivity contribution in [1.82, 2.24) is 5.32 Å². The maximum Gasteiger partial charge on any atom is 0.0587 e. The molecule has 2 saturated carbocycles. The first-order valence-electron chi connectivity index (χ1n) is 6.82. The highest BCUT2D eigenvalue weighted by molar-refractivity contribution is 5.11. The van der Waals surface area contributed by atoms with Gasteiger partial charge < -0.3 is 10.1 Å². The fourth-order valence-electron chi connectivity index (χ4n) is 3.83. The molecule has 2 rings (SSSR count). The normalized spacial score (nSPS) is 36.6. The third kappa shape index (κ3) is 2.14. The summed E-state index contributed by atoms with van der Waals surface area (Å²) in [6, 6.07) is 0. The van der Waals surface area contributed by atoms with Crippen LogP contribution in [0, 0.1) is 16.7 Å². The summed E-state index contributed by atoms with van der Waals surface area (Å²) in [7, 11) is 1.77. The molecule has 0 heterocycles. The monoisotopic (exact) mass is 225 g/mol. The summed E-state index contributed by atoms with van der Waals surface area (Å²) in [5.41, 5.74) is 1.27. The van der Waals surface area contributed by atoms with Crippen molar-refractivity contribution in [2.45, 2.75) is 46.0 Å². The van der Waals surface area contributed by atoms with E-state index in [0.29, 0.717) is 10.8 Å². The molecule has 2 aliphatic carbocycles. The molecule has 0 aromatic heterocycles. The van der Waals surface area contributed by atoms with Crippen LogP contribution in [0.5, 0.6) is 0 Å². The van der Waals surface area contributed by atoms with Gasteiger partial charge >= 0.3 is 0 Å². The van der Waals surface area contributed by atoms with E-state index in [0.717, 1.165) is 19.1 Å². The topological polar surface area (TPSA) is 21.3 Å². The van der Waals surface area contributed by atoms with Gasteiger partial charge in [0.15, 0.2) is 0 Å². The molecule has 1 spiro atoms. The molecular formula is C14H27NO. The lowest BCUT2D eigenvalue weighted by Crippen LogP contribution is -2.33. The highest BCUT2D eigenvalue weighted by Gasteiger charge is 2.61. The summed E-state index contributed by atoms with van der Waals surface area (Å²) < 4.78 is 5.06. The molecule has 2 fully saturated rings. The van der Waals surface area contributed by atoms with E-state index >= 15 is 0 Å². The van der Waals surface area contributed by atoms with E-state index in [1.165, 1.54) is 38.6 Å². The lowest BCUT2D eigenvalue weighted by atomic mass is 9.65. The number of hydrogen-bond donors (Lipinski definition) is 1. The van der Waals surface area contributed by atoms with Crippen molar-refractivity contribution in [3.05, 3.63) is 0 Å². The van der Waals surface area contributed by atoms with Crippen molar-refractivity contribution in [3.8, 4) is 0 Å². The van der Waals surface area contributed by atoms with Crippen molar-refractivity contribution in [3.63, 3.8) is 0 Å². The third-order valence-electron chi connectivity index (χ3n) is 5.13. The molecule has 0 aliphatic heterocycles. The summed E-state index contributed by atoms with van der Waals surface area (Å²) in [6.45, 7) is 8.02. The summed E-state index contributed by atoms with van der Waals surface area (Å²) >= 11 is 0. The predicted molar refractivity (Wildman–Crippen MR) is 67.5 cm³/mol. The Morgan fingerprint density at radius 2 is 2.00 bits per heavy atom. The first-order valence-corrected chi connectivity index (χ1v) is 6.82. The smallest absolute Gasteiger partial charge is 0.0587 e. The minimum atomic E-state index is 0.582. The van der Waals surface area contributed by atoms with Crippen LogP contribution in [-0.4, -0.2) is 26.8 Å². The molecule has 0 radical (unpaired) electrons. The van der Waals surface area contributed by atoms with Crippen LogP contribution in [0.15, 0.2) is 0 Å². The third-order valence-corrected chi connectivity index (χ3v) is 5.13. The molecule has 0 saturated heterocycles. The second-order valence-electron chi connectivity index (χ2n) is 6.35. The summed E-state index contributed by atoms with van der Waals surface area (Å²) in [6.07, 6.45) is 7.26. The Morgan fingerprint density at radius 3 is 2.69 bits per heavy atom. The highest BCUT2D eigenvalue weighted by Crippen LogP contribution is 2.69. The Labute approximate surface area is 100 Å². The van der Waals surface area contributed by atoms with Crippen molar-refractivity contribution in [1.29, 1.82) is 0 Å². The standard InChI is InChI=1S/C14H27NO/c1-13(2)6-4-5-7-14(13)10-12(14)11-15-8-9-16-3/h12,15H,4-11H2,1-3H3. The fourth-order valence-corrected chi connectivity index (χ4v) is 3.83. The van der Waals surface area contributed by atoms with Crippen molar-refractivity contribution >= 4 is 0 Å². The van der Waals surface area contributed by atoms with Gasteiger partial charge in [0.05, 0.1) is 6.61 Å². The van der Waals surface area contributed by atoms with E-state index in [4.69, 9.17) is 4.74 Å². The van der Waals surface area contributed by atoms with Crippen molar-refractivity contribution in [2.24, 2.45) is 16.7 Å². The van der Waals surface area contributed by atoms with E-state index < -0.39 is 0 Å². The van der Waals surface area contributed by atoms with Crippen LogP contribution in [0.25, 0.3) is 0 Å². The van der Waals surface area contributed by atoms with Crippen LogP contribution >= 0.6 is 0 Å². The number of nitrogens with one attached hydrogen (secondary N) is 1. The summed E-state index contributed by atoms with van der Waals surface area (Å²) in [4.78, 5) is 0. The zero-order valence-electron chi connectivity index (χ0n) is 11.1. The van der Waals surface area contributed by atoms with Crippen molar-refractivity contribution < 1.29 is 4.74 Å². The molecule has 2 nitrogen and oxygen atoms in total. The van der Waals surface area contributed by atoms with E-state index in [1.54, 1.807) is 7.11 Å². The largest absolute Gasteiger partial charge is 0.383 e. The summed E-state index contributed by atoms with van der Waals surface area (Å²) in [5, 5.41) is 3.53. The molecular weight excluding hydrogens is 198 g/mol. The van der Waals surface area contributed by atoms with E-state index in [-0.39, 0.29) is 0 Å². The Kier molecular flexibility index (Phi) is 3.60. The molecule has 2 heteroatoms. The van der Waals surface area contributed by atoms with Gasteiger partial charge in [-0.2, -0.15) is 0 Å². The second kappa shape index (κ2) is 4.66. The molecule has 0 amide bonds. The van der Waals surface area contributed by atoms with E-state index in [1.807, 2.05) is 0 Å². The zero-order valence-corrected chi connectivity index (χ0v) is 11.1. The van der Waals surface area contributed by atoms with Crippen LogP contribution in [-0.2, 0) is 4.74 Å². The average Bonchev–Trinajstić information content (AvgIpc) is 2.94. The maximum absolute atomic E-state index is 5.06. The first-order chi connectivity index (χ1) is 7.62. The van der Waals surface area contributed by atoms with Crippen molar-refractivity contribution in [2.75, 3.05) is 26.8 Å². The van der Waals surface area contributed by atoms with E-state index in [9.17, 15) is 0 Å². The number of hydrogen-bond acceptors (Lipinski definition) is 2. The van der Waals surface area contributed by atoms with Crippen LogP contribution in [0.2, 0.25) is 0 Å². The molecule has 0 aromatic rings.